The van der Waals surface area contributed by atoms with Gasteiger partial charge in [0.05, 0.1) is 18.1 Å². The highest BCUT2D eigenvalue weighted by atomic mass is 19.4. The first-order chi connectivity index (χ1) is 14.8. The Morgan fingerprint density at radius 2 is 1.74 bits per heavy atom. The number of rotatable bonds is 2. The number of ether oxygens (including phenoxy) is 1. The average molecular weight is 438 g/mol. The van der Waals surface area contributed by atoms with Gasteiger partial charge in [-0.2, -0.15) is 13.2 Å². The van der Waals surface area contributed by atoms with E-state index in [4.69, 9.17) is 4.74 Å². The molecule has 168 valence electrons. The van der Waals surface area contributed by atoms with Crippen LogP contribution in [0.4, 0.5) is 23.7 Å². The molecule has 0 saturated carbocycles. The molecule has 0 bridgehead atoms. The van der Waals surface area contributed by atoms with Gasteiger partial charge < -0.3 is 24.8 Å². The number of amides is 3. The maximum absolute atomic E-state index is 12.8. The predicted octanol–water partition coefficient (Wildman–Crippen LogP) is 1.79. The molecule has 2 unspecified atom stereocenters. The molecule has 1 N–H and O–H groups in total. The SMILES string of the molecule is O=C1COC2CCN(C(=O)N3CC(c4ccc(N5CC(C(F)(F)F)C5)cc4)C3)CC2N1. The van der Waals surface area contributed by atoms with Crippen LogP contribution >= 0.6 is 0 Å². The smallest absolute Gasteiger partial charge is 0.370 e. The number of nitrogens with zero attached hydrogens (tertiary/aromatic N) is 3. The Morgan fingerprint density at radius 3 is 2.42 bits per heavy atom. The lowest BCUT2D eigenvalue weighted by molar-refractivity contribution is -0.180. The van der Waals surface area contributed by atoms with E-state index in [2.05, 4.69) is 5.32 Å². The highest BCUT2D eigenvalue weighted by Crippen LogP contribution is 2.37. The summed E-state index contributed by atoms with van der Waals surface area (Å²) < 4.78 is 43.5. The number of piperidine rings is 1. The molecule has 0 aliphatic carbocycles. The number of urea groups is 1. The van der Waals surface area contributed by atoms with Crippen LogP contribution in [0.5, 0.6) is 0 Å². The van der Waals surface area contributed by atoms with Crippen molar-refractivity contribution >= 4 is 17.6 Å². The topological polar surface area (TPSA) is 65.1 Å². The van der Waals surface area contributed by atoms with E-state index in [9.17, 15) is 22.8 Å². The van der Waals surface area contributed by atoms with Crippen LogP contribution in [0.2, 0.25) is 0 Å². The first-order valence-corrected chi connectivity index (χ1v) is 10.6. The van der Waals surface area contributed by atoms with Gasteiger partial charge in [0.1, 0.15) is 6.61 Å². The van der Waals surface area contributed by atoms with Crippen molar-refractivity contribution in [3.8, 4) is 0 Å². The van der Waals surface area contributed by atoms with Crippen LogP contribution in [-0.2, 0) is 9.53 Å². The second kappa shape index (κ2) is 7.58. The van der Waals surface area contributed by atoms with Gasteiger partial charge in [0.2, 0.25) is 5.91 Å². The Kier molecular flexibility index (Phi) is 4.99. The monoisotopic (exact) mass is 438 g/mol. The zero-order valence-electron chi connectivity index (χ0n) is 17.0. The van der Waals surface area contributed by atoms with Crippen LogP contribution in [0.25, 0.3) is 0 Å². The first kappa shape index (κ1) is 20.4. The summed E-state index contributed by atoms with van der Waals surface area (Å²) in [4.78, 5) is 29.7. The number of benzene rings is 1. The van der Waals surface area contributed by atoms with E-state index in [1.165, 1.54) is 0 Å². The Labute approximate surface area is 178 Å². The quantitative estimate of drug-likeness (QED) is 0.765. The van der Waals surface area contributed by atoms with E-state index in [1.54, 1.807) is 14.7 Å². The van der Waals surface area contributed by atoms with Crippen molar-refractivity contribution in [2.24, 2.45) is 5.92 Å². The minimum Gasteiger partial charge on any atom is -0.370 e. The fraction of sp³-hybridized carbons (Fsp3) is 0.619. The maximum atomic E-state index is 12.8. The van der Waals surface area contributed by atoms with Crippen LogP contribution in [0.1, 0.15) is 17.9 Å². The third kappa shape index (κ3) is 3.93. The summed E-state index contributed by atoms with van der Waals surface area (Å²) in [5, 5.41) is 2.90. The largest absolute Gasteiger partial charge is 0.395 e. The Morgan fingerprint density at radius 1 is 1.03 bits per heavy atom. The highest BCUT2D eigenvalue weighted by molar-refractivity contribution is 5.79. The molecule has 7 nitrogen and oxygen atoms in total. The molecular weight excluding hydrogens is 413 g/mol. The Hall–Kier alpha value is -2.49. The second-order valence-corrected chi connectivity index (χ2v) is 8.88. The van der Waals surface area contributed by atoms with Gasteiger partial charge in [-0.15, -0.1) is 0 Å². The summed E-state index contributed by atoms with van der Waals surface area (Å²) in [5.41, 5.74) is 1.89. The van der Waals surface area contributed by atoms with Gasteiger partial charge in [-0.1, -0.05) is 12.1 Å². The summed E-state index contributed by atoms with van der Waals surface area (Å²) in [6.07, 6.45) is -3.44. The number of likely N-dealkylation sites (tertiary alicyclic amines) is 2. The molecule has 4 aliphatic rings. The van der Waals surface area contributed by atoms with E-state index >= 15 is 0 Å². The summed E-state index contributed by atoms with van der Waals surface area (Å²) in [5.74, 6) is -1.15. The molecule has 3 amide bonds. The molecule has 31 heavy (non-hydrogen) atoms. The van der Waals surface area contributed by atoms with Gasteiger partial charge in [-0.25, -0.2) is 4.79 Å². The number of carbonyl (C=O) groups is 2. The summed E-state index contributed by atoms with van der Waals surface area (Å²) >= 11 is 0. The summed E-state index contributed by atoms with van der Waals surface area (Å²) in [6.45, 7) is 2.41. The second-order valence-electron chi connectivity index (χ2n) is 8.88. The fourth-order valence-electron chi connectivity index (χ4n) is 4.77. The minimum atomic E-state index is -4.12. The van der Waals surface area contributed by atoms with Crippen molar-refractivity contribution in [2.45, 2.75) is 30.7 Å². The number of halogens is 3. The third-order valence-corrected chi connectivity index (χ3v) is 6.82. The number of hydrogen-bond acceptors (Lipinski definition) is 4. The van der Waals surface area contributed by atoms with E-state index in [1.807, 2.05) is 24.3 Å². The molecular formula is C21H25F3N4O3. The van der Waals surface area contributed by atoms with Crippen LogP contribution in [0.15, 0.2) is 24.3 Å². The molecule has 4 heterocycles. The van der Waals surface area contributed by atoms with E-state index in [0.29, 0.717) is 32.6 Å². The molecule has 2 atom stereocenters. The number of anilines is 1. The van der Waals surface area contributed by atoms with Gasteiger partial charge in [0, 0.05) is 50.9 Å². The molecule has 1 aromatic rings. The van der Waals surface area contributed by atoms with E-state index < -0.39 is 12.1 Å². The van der Waals surface area contributed by atoms with Crippen LogP contribution in [0, 0.1) is 5.92 Å². The number of nitrogens with one attached hydrogen (secondary N) is 1. The van der Waals surface area contributed by atoms with Crippen LogP contribution in [-0.4, -0.2) is 85.9 Å². The lowest BCUT2D eigenvalue weighted by Gasteiger charge is -2.46. The molecule has 4 aliphatic heterocycles. The zero-order valence-corrected chi connectivity index (χ0v) is 17.0. The third-order valence-electron chi connectivity index (χ3n) is 6.82. The van der Waals surface area contributed by atoms with Crippen molar-refractivity contribution in [3.05, 3.63) is 29.8 Å². The molecule has 5 rings (SSSR count). The average Bonchev–Trinajstić information content (AvgIpc) is 2.65. The highest BCUT2D eigenvalue weighted by Gasteiger charge is 2.47. The van der Waals surface area contributed by atoms with Gasteiger partial charge in [0.25, 0.3) is 0 Å². The van der Waals surface area contributed by atoms with Crippen molar-refractivity contribution in [3.63, 3.8) is 0 Å². The zero-order chi connectivity index (χ0) is 21.8. The van der Waals surface area contributed by atoms with E-state index in [-0.39, 0.29) is 49.7 Å². The summed E-state index contributed by atoms with van der Waals surface area (Å²) in [7, 11) is 0. The first-order valence-electron chi connectivity index (χ1n) is 10.6. The molecule has 4 fully saturated rings. The van der Waals surface area contributed by atoms with Gasteiger partial charge in [0.15, 0.2) is 0 Å². The standard InChI is InChI=1S/C21H25F3N4O3/c22-21(23,24)15-9-27(10-15)16-3-1-13(2-4-16)14-7-28(8-14)20(30)26-6-5-18-17(11-26)25-19(29)12-31-18/h1-4,14-15,17-18H,5-12H2,(H,25,29). The molecule has 0 aromatic heterocycles. The number of alkyl halides is 3. The lowest BCUT2D eigenvalue weighted by Crippen LogP contribution is -2.63. The van der Waals surface area contributed by atoms with Gasteiger partial charge in [-0.05, 0) is 24.1 Å². The molecule has 1 aromatic carbocycles. The number of fused-ring (bicyclic) bond motifs is 1. The number of hydrogen-bond donors (Lipinski definition) is 1. The van der Waals surface area contributed by atoms with Gasteiger partial charge in [-0.3, -0.25) is 4.79 Å². The minimum absolute atomic E-state index is 0.0116. The Balaban J connectivity index is 1.11. The number of morpholine rings is 1. The van der Waals surface area contributed by atoms with Crippen molar-refractivity contribution in [2.75, 3.05) is 50.8 Å². The predicted molar refractivity (Wildman–Crippen MR) is 106 cm³/mol. The van der Waals surface area contributed by atoms with Crippen molar-refractivity contribution < 1.29 is 27.5 Å². The fourth-order valence-corrected chi connectivity index (χ4v) is 4.77. The van der Waals surface area contributed by atoms with Crippen LogP contribution < -0.4 is 10.2 Å². The lowest BCUT2D eigenvalue weighted by atomic mass is 9.91. The normalized spacial score (nSPS) is 27.3. The molecule has 4 saturated heterocycles. The Bertz CT molecular complexity index is 850. The van der Waals surface area contributed by atoms with Gasteiger partial charge >= 0.3 is 12.2 Å². The van der Waals surface area contributed by atoms with Crippen molar-refractivity contribution in [1.29, 1.82) is 0 Å². The number of carbonyl (C=O) groups excluding carboxylic acids is 2. The molecule has 10 heteroatoms. The molecule has 0 radical (unpaired) electrons. The van der Waals surface area contributed by atoms with E-state index in [0.717, 1.165) is 11.3 Å². The summed E-state index contributed by atoms with van der Waals surface area (Å²) in [6, 6.07) is 7.45. The molecule has 0 spiro atoms. The maximum Gasteiger partial charge on any atom is 0.395 e. The van der Waals surface area contributed by atoms with Crippen molar-refractivity contribution in [1.82, 2.24) is 15.1 Å². The van der Waals surface area contributed by atoms with Crippen LogP contribution in [0.3, 0.4) is 0 Å².